The number of aromatic nitrogens is 2. The third kappa shape index (κ3) is 3.13. The van der Waals surface area contributed by atoms with Crippen LogP contribution in [0, 0.1) is 0 Å². The molecular weight excluding hydrogens is 268 g/mol. The van der Waals surface area contributed by atoms with Crippen molar-refractivity contribution < 1.29 is 4.74 Å². The third-order valence-corrected chi connectivity index (χ3v) is 2.92. The lowest BCUT2D eigenvalue weighted by Gasteiger charge is -2.13. The van der Waals surface area contributed by atoms with Gasteiger partial charge in [-0.3, -0.25) is 14.2 Å². The highest BCUT2D eigenvalue weighted by Crippen LogP contribution is 2.20. The van der Waals surface area contributed by atoms with E-state index < -0.39 is 11.1 Å². The van der Waals surface area contributed by atoms with E-state index in [2.05, 4.69) is 6.58 Å². The number of hydrogen-bond acceptors (Lipinski definition) is 3. The summed E-state index contributed by atoms with van der Waals surface area (Å²) in [7, 11) is 0. The SMILES string of the molecule is C=C(C)Cn1ccn(-c2ccccc2OCC)c(=O)c1=O. The van der Waals surface area contributed by atoms with Gasteiger partial charge in [-0.1, -0.05) is 24.3 Å². The van der Waals surface area contributed by atoms with Gasteiger partial charge in [0.15, 0.2) is 0 Å². The molecular formula is C16H18N2O3. The molecule has 0 aliphatic rings. The van der Waals surface area contributed by atoms with Crippen LogP contribution in [-0.2, 0) is 6.54 Å². The molecule has 0 N–H and O–H groups in total. The van der Waals surface area contributed by atoms with Crippen LogP contribution in [0.15, 0.2) is 58.4 Å². The molecule has 0 atom stereocenters. The zero-order valence-corrected chi connectivity index (χ0v) is 12.2. The van der Waals surface area contributed by atoms with Crippen LogP contribution in [0.4, 0.5) is 0 Å². The minimum atomic E-state index is -0.606. The van der Waals surface area contributed by atoms with Gasteiger partial charge in [-0.25, -0.2) is 0 Å². The summed E-state index contributed by atoms with van der Waals surface area (Å²) in [6.45, 7) is 8.24. The number of benzene rings is 1. The maximum Gasteiger partial charge on any atom is 0.321 e. The van der Waals surface area contributed by atoms with Gasteiger partial charge in [-0.2, -0.15) is 0 Å². The lowest BCUT2D eigenvalue weighted by molar-refractivity contribution is 0.339. The number of para-hydroxylation sites is 2. The van der Waals surface area contributed by atoms with E-state index in [0.717, 1.165) is 5.57 Å². The number of ether oxygens (including phenoxy) is 1. The van der Waals surface area contributed by atoms with Crippen LogP contribution >= 0.6 is 0 Å². The highest BCUT2D eigenvalue weighted by Gasteiger charge is 2.10. The largest absolute Gasteiger partial charge is 0.492 e. The van der Waals surface area contributed by atoms with E-state index in [0.29, 0.717) is 24.6 Å². The Hall–Kier alpha value is -2.56. The molecule has 2 rings (SSSR count). The van der Waals surface area contributed by atoms with Gasteiger partial charge in [0, 0.05) is 18.9 Å². The molecule has 0 aliphatic heterocycles. The van der Waals surface area contributed by atoms with Gasteiger partial charge in [-0.15, -0.1) is 0 Å². The van der Waals surface area contributed by atoms with Crippen LogP contribution in [0.2, 0.25) is 0 Å². The van der Waals surface area contributed by atoms with E-state index in [1.165, 1.54) is 9.13 Å². The molecule has 0 radical (unpaired) electrons. The maximum atomic E-state index is 12.3. The lowest BCUT2D eigenvalue weighted by Crippen LogP contribution is -2.40. The van der Waals surface area contributed by atoms with Crippen molar-refractivity contribution in [1.82, 2.24) is 9.13 Å². The van der Waals surface area contributed by atoms with Crippen LogP contribution in [0.25, 0.3) is 5.69 Å². The molecule has 0 saturated carbocycles. The summed E-state index contributed by atoms with van der Waals surface area (Å²) in [5.74, 6) is 0.569. The summed E-state index contributed by atoms with van der Waals surface area (Å²) in [5.41, 5.74) is 0.186. The molecule has 0 amide bonds. The second-order valence-electron chi connectivity index (χ2n) is 4.76. The monoisotopic (exact) mass is 286 g/mol. The van der Waals surface area contributed by atoms with E-state index in [9.17, 15) is 9.59 Å². The molecule has 0 saturated heterocycles. The van der Waals surface area contributed by atoms with Crippen molar-refractivity contribution in [3.63, 3.8) is 0 Å². The fourth-order valence-electron chi connectivity index (χ4n) is 2.05. The minimum Gasteiger partial charge on any atom is -0.492 e. The Bertz CT molecular complexity index is 772. The smallest absolute Gasteiger partial charge is 0.321 e. The van der Waals surface area contributed by atoms with Gasteiger partial charge in [0.2, 0.25) is 0 Å². The maximum absolute atomic E-state index is 12.3. The fourth-order valence-corrected chi connectivity index (χ4v) is 2.05. The Labute approximate surface area is 122 Å². The molecule has 0 aliphatic carbocycles. The molecule has 2 aromatic rings. The Morgan fingerprint density at radius 2 is 1.90 bits per heavy atom. The number of nitrogens with zero attached hydrogens (tertiary/aromatic N) is 2. The predicted molar refractivity (Wildman–Crippen MR) is 82.3 cm³/mol. The molecule has 1 aromatic carbocycles. The number of hydrogen-bond donors (Lipinski definition) is 0. The summed E-state index contributed by atoms with van der Waals surface area (Å²) in [5, 5.41) is 0. The lowest BCUT2D eigenvalue weighted by atomic mass is 10.3. The Morgan fingerprint density at radius 3 is 2.57 bits per heavy atom. The fraction of sp³-hybridized carbons (Fsp3) is 0.250. The van der Waals surface area contributed by atoms with Crippen molar-refractivity contribution in [3.05, 3.63) is 69.5 Å². The molecule has 5 nitrogen and oxygen atoms in total. The van der Waals surface area contributed by atoms with E-state index in [1.54, 1.807) is 30.6 Å². The average molecular weight is 286 g/mol. The standard InChI is InChI=1S/C16H18N2O3/c1-4-21-14-8-6-5-7-13(14)18-10-9-17(11-12(2)3)15(19)16(18)20/h5-10H,2,4,11H2,1,3H3. The Kier molecular flexibility index (Phi) is 4.42. The first-order chi connectivity index (χ1) is 10.0. The third-order valence-electron chi connectivity index (χ3n) is 2.92. The zero-order chi connectivity index (χ0) is 15.4. The van der Waals surface area contributed by atoms with E-state index in [-0.39, 0.29) is 0 Å². The van der Waals surface area contributed by atoms with Crippen molar-refractivity contribution >= 4 is 0 Å². The Balaban J connectivity index is 2.57. The Morgan fingerprint density at radius 1 is 1.19 bits per heavy atom. The molecule has 21 heavy (non-hydrogen) atoms. The highest BCUT2D eigenvalue weighted by atomic mass is 16.5. The predicted octanol–water partition coefficient (Wildman–Crippen LogP) is 1.97. The van der Waals surface area contributed by atoms with Crippen molar-refractivity contribution in [3.8, 4) is 11.4 Å². The van der Waals surface area contributed by atoms with Gasteiger partial charge < -0.3 is 9.30 Å². The normalized spacial score (nSPS) is 10.4. The van der Waals surface area contributed by atoms with E-state index >= 15 is 0 Å². The molecule has 110 valence electrons. The second kappa shape index (κ2) is 6.26. The molecule has 5 heteroatoms. The summed E-state index contributed by atoms with van der Waals surface area (Å²) in [6, 6.07) is 7.13. The zero-order valence-electron chi connectivity index (χ0n) is 12.2. The molecule has 1 aromatic heterocycles. The van der Waals surface area contributed by atoms with Gasteiger partial charge in [-0.05, 0) is 26.0 Å². The van der Waals surface area contributed by atoms with Crippen molar-refractivity contribution in [1.29, 1.82) is 0 Å². The van der Waals surface area contributed by atoms with Crippen LogP contribution in [0.3, 0.4) is 0 Å². The molecule has 0 fully saturated rings. The van der Waals surface area contributed by atoms with Gasteiger partial charge in [0.25, 0.3) is 0 Å². The molecule has 0 bridgehead atoms. The first-order valence-electron chi connectivity index (χ1n) is 6.73. The van der Waals surface area contributed by atoms with Gasteiger partial charge >= 0.3 is 11.1 Å². The summed E-state index contributed by atoms with van der Waals surface area (Å²) in [6.07, 6.45) is 3.16. The van der Waals surface area contributed by atoms with Gasteiger partial charge in [0.1, 0.15) is 5.75 Å². The number of rotatable bonds is 5. The second-order valence-corrected chi connectivity index (χ2v) is 4.76. The molecule has 0 unspecified atom stereocenters. The topological polar surface area (TPSA) is 53.2 Å². The average Bonchev–Trinajstić information content (AvgIpc) is 2.45. The highest BCUT2D eigenvalue weighted by molar-refractivity contribution is 5.46. The molecule has 1 heterocycles. The summed E-state index contributed by atoms with van der Waals surface area (Å²) >= 11 is 0. The van der Waals surface area contributed by atoms with E-state index in [1.807, 2.05) is 19.9 Å². The first kappa shape index (κ1) is 14.8. The number of allylic oxidation sites excluding steroid dienone is 1. The van der Waals surface area contributed by atoms with Crippen LogP contribution in [0.5, 0.6) is 5.75 Å². The molecule has 0 spiro atoms. The first-order valence-corrected chi connectivity index (χ1v) is 6.73. The quantitative estimate of drug-likeness (QED) is 0.624. The summed E-state index contributed by atoms with van der Waals surface area (Å²) < 4.78 is 8.16. The van der Waals surface area contributed by atoms with Crippen LogP contribution < -0.4 is 15.9 Å². The van der Waals surface area contributed by atoms with Crippen molar-refractivity contribution in [2.75, 3.05) is 6.61 Å². The summed E-state index contributed by atoms with van der Waals surface area (Å²) in [4.78, 5) is 24.4. The van der Waals surface area contributed by atoms with E-state index in [4.69, 9.17) is 4.74 Å². The van der Waals surface area contributed by atoms with Gasteiger partial charge in [0.05, 0.1) is 12.3 Å². The minimum absolute atomic E-state index is 0.335. The van der Waals surface area contributed by atoms with Crippen LogP contribution in [0.1, 0.15) is 13.8 Å². The van der Waals surface area contributed by atoms with Crippen molar-refractivity contribution in [2.24, 2.45) is 0 Å². The van der Waals surface area contributed by atoms with Crippen molar-refractivity contribution in [2.45, 2.75) is 20.4 Å². The van der Waals surface area contributed by atoms with Crippen LogP contribution in [-0.4, -0.2) is 15.7 Å².